The van der Waals surface area contributed by atoms with Crippen LogP contribution >= 0.6 is 15.9 Å². The molecule has 1 aliphatic heterocycles. The van der Waals surface area contributed by atoms with Crippen molar-refractivity contribution in [3.8, 4) is 0 Å². The van der Waals surface area contributed by atoms with E-state index in [1.165, 1.54) is 7.11 Å². The monoisotopic (exact) mass is 278 g/mol. The first kappa shape index (κ1) is 12.8. The maximum atomic E-state index is 11.0. The van der Waals surface area contributed by atoms with Crippen molar-refractivity contribution in [1.29, 1.82) is 0 Å². The molecular weight excluding hydrogens is 260 g/mol. The quantitative estimate of drug-likeness (QED) is 0.792. The second-order valence-electron chi connectivity index (χ2n) is 4.14. The molecule has 15 heavy (non-hydrogen) atoms. The second-order valence-corrected chi connectivity index (χ2v) is 4.79. The highest BCUT2D eigenvalue weighted by molar-refractivity contribution is 9.09. The third-order valence-electron chi connectivity index (χ3n) is 2.61. The molecule has 0 bridgehead atoms. The Labute approximate surface area is 99.5 Å². The van der Waals surface area contributed by atoms with Gasteiger partial charge in [0.05, 0.1) is 7.11 Å². The van der Waals surface area contributed by atoms with Gasteiger partial charge in [0.1, 0.15) is 0 Å². The summed E-state index contributed by atoms with van der Waals surface area (Å²) in [6.07, 6.45) is 0.694. The van der Waals surface area contributed by atoms with Crippen molar-refractivity contribution in [2.45, 2.75) is 19.4 Å². The highest BCUT2D eigenvalue weighted by Gasteiger charge is 2.24. The minimum Gasteiger partial charge on any atom is -0.453 e. The predicted octanol–water partition coefficient (Wildman–Crippen LogP) is 1.45. The molecule has 2 atom stereocenters. The van der Waals surface area contributed by atoms with Gasteiger partial charge in [0.2, 0.25) is 0 Å². The topological polar surface area (TPSA) is 41.6 Å². The van der Waals surface area contributed by atoms with Crippen LogP contribution in [0.1, 0.15) is 13.3 Å². The summed E-state index contributed by atoms with van der Waals surface area (Å²) >= 11 is 3.47. The van der Waals surface area contributed by atoms with Gasteiger partial charge in [0.15, 0.2) is 0 Å². The molecule has 1 aliphatic rings. The average molecular weight is 279 g/mol. The Morgan fingerprint density at radius 3 is 3.07 bits per heavy atom. The Hall–Kier alpha value is -0.290. The number of nitrogens with zero attached hydrogens (tertiary/aromatic N) is 1. The van der Waals surface area contributed by atoms with Crippen molar-refractivity contribution < 1.29 is 9.53 Å². The smallest absolute Gasteiger partial charge is 0.407 e. The number of hydrogen-bond donors (Lipinski definition) is 1. The second kappa shape index (κ2) is 6.33. The van der Waals surface area contributed by atoms with Crippen LogP contribution in [-0.2, 0) is 4.74 Å². The Morgan fingerprint density at radius 2 is 2.47 bits per heavy atom. The van der Waals surface area contributed by atoms with Crippen LogP contribution in [0.2, 0.25) is 0 Å². The molecular formula is C10H19BrN2O2. The van der Waals surface area contributed by atoms with E-state index in [0.29, 0.717) is 5.92 Å². The molecule has 2 unspecified atom stereocenters. The molecule has 5 heteroatoms. The van der Waals surface area contributed by atoms with Crippen molar-refractivity contribution in [3.63, 3.8) is 0 Å². The van der Waals surface area contributed by atoms with Crippen molar-refractivity contribution >= 4 is 22.0 Å². The summed E-state index contributed by atoms with van der Waals surface area (Å²) in [7, 11) is 1.40. The molecule has 1 saturated heterocycles. The van der Waals surface area contributed by atoms with E-state index in [1.54, 1.807) is 0 Å². The summed E-state index contributed by atoms with van der Waals surface area (Å²) in [5.41, 5.74) is 0. The number of methoxy groups -OCH3 is 1. The number of alkyl carbamates (subject to hydrolysis) is 1. The first-order valence-electron chi connectivity index (χ1n) is 5.28. The molecule has 0 saturated carbocycles. The van der Waals surface area contributed by atoms with E-state index in [1.807, 2.05) is 0 Å². The average Bonchev–Trinajstić information content (AvgIpc) is 2.65. The maximum Gasteiger partial charge on any atom is 0.407 e. The number of halogens is 1. The standard InChI is InChI=1S/C10H19BrN2O2/c1-8(5-11)6-13-4-3-9(7-13)12-10(14)15-2/h8-9H,3-7H2,1-2H3,(H,12,14). The summed E-state index contributed by atoms with van der Waals surface area (Å²) in [5, 5.41) is 3.86. The van der Waals surface area contributed by atoms with Crippen LogP contribution in [0.4, 0.5) is 4.79 Å². The van der Waals surface area contributed by atoms with Crippen LogP contribution in [0.5, 0.6) is 0 Å². The van der Waals surface area contributed by atoms with E-state index in [-0.39, 0.29) is 12.1 Å². The predicted molar refractivity (Wildman–Crippen MR) is 63.3 cm³/mol. The number of rotatable bonds is 4. The maximum absolute atomic E-state index is 11.0. The molecule has 0 spiro atoms. The summed E-state index contributed by atoms with van der Waals surface area (Å²) < 4.78 is 4.57. The Kier molecular flexibility index (Phi) is 5.39. The molecule has 1 amide bonds. The molecule has 1 heterocycles. The van der Waals surface area contributed by atoms with Gasteiger partial charge in [-0.05, 0) is 12.3 Å². The first-order valence-corrected chi connectivity index (χ1v) is 6.40. The molecule has 0 aromatic heterocycles. The van der Waals surface area contributed by atoms with E-state index in [4.69, 9.17) is 0 Å². The number of amides is 1. The lowest BCUT2D eigenvalue weighted by atomic mass is 10.2. The van der Waals surface area contributed by atoms with Gasteiger partial charge in [0, 0.05) is 31.0 Å². The van der Waals surface area contributed by atoms with Gasteiger partial charge in [-0.15, -0.1) is 0 Å². The van der Waals surface area contributed by atoms with Crippen molar-refractivity contribution in [1.82, 2.24) is 10.2 Å². The minimum absolute atomic E-state index is 0.250. The van der Waals surface area contributed by atoms with E-state index < -0.39 is 0 Å². The molecule has 1 fully saturated rings. The lowest BCUT2D eigenvalue weighted by Gasteiger charge is -2.19. The Bertz CT molecular complexity index is 214. The zero-order valence-electron chi connectivity index (χ0n) is 9.33. The van der Waals surface area contributed by atoms with Crippen LogP contribution in [0.15, 0.2) is 0 Å². The molecule has 88 valence electrons. The molecule has 0 aliphatic carbocycles. The van der Waals surface area contributed by atoms with Crippen LogP contribution < -0.4 is 5.32 Å². The van der Waals surface area contributed by atoms with E-state index in [9.17, 15) is 4.79 Å². The number of ether oxygens (including phenoxy) is 1. The summed E-state index contributed by atoms with van der Waals surface area (Å²) in [4.78, 5) is 13.4. The van der Waals surface area contributed by atoms with Crippen LogP contribution in [0.3, 0.4) is 0 Å². The summed E-state index contributed by atoms with van der Waals surface area (Å²) in [5.74, 6) is 0.655. The minimum atomic E-state index is -0.324. The van der Waals surface area contributed by atoms with Gasteiger partial charge in [-0.2, -0.15) is 0 Å². The van der Waals surface area contributed by atoms with Crippen LogP contribution in [-0.4, -0.2) is 49.1 Å². The number of carbonyl (C=O) groups is 1. The highest BCUT2D eigenvalue weighted by atomic mass is 79.9. The molecule has 1 rings (SSSR count). The molecule has 0 radical (unpaired) electrons. The molecule has 4 nitrogen and oxygen atoms in total. The molecule has 0 aromatic carbocycles. The number of likely N-dealkylation sites (tertiary alicyclic amines) is 1. The Morgan fingerprint density at radius 1 is 1.73 bits per heavy atom. The lowest BCUT2D eigenvalue weighted by molar-refractivity contribution is 0.166. The van der Waals surface area contributed by atoms with Crippen molar-refractivity contribution in [2.24, 2.45) is 5.92 Å². The fourth-order valence-corrected chi connectivity index (χ4v) is 2.04. The van der Waals surface area contributed by atoms with Crippen LogP contribution in [0.25, 0.3) is 0 Å². The van der Waals surface area contributed by atoms with Crippen molar-refractivity contribution in [3.05, 3.63) is 0 Å². The van der Waals surface area contributed by atoms with E-state index in [0.717, 1.165) is 31.4 Å². The molecule has 0 aromatic rings. The third kappa shape index (κ3) is 4.38. The number of carbonyl (C=O) groups excluding carboxylic acids is 1. The number of nitrogens with one attached hydrogen (secondary N) is 1. The Balaban J connectivity index is 2.23. The largest absolute Gasteiger partial charge is 0.453 e. The number of hydrogen-bond acceptors (Lipinski definition) is 3. The van der Waals surface area contributed by atoms with Gasteiger partial charge < -0.3 is 15.0 Å². The SMILES string of the molecule is COC(=O)NC1CCN(CC(C)CBr)C1. The normalized spacial score (nSPS) is 23.8. The van der Waals surface area contributed by atoms with Gasteiger partial charge in [0.25, 0.3) is 0 Å². The van der Waals surface area contributed by atoms with Crippen molar-refractivity contribution in [2.75, 3.05) is 32.1 Å². The lowest BCUT2D eigenvalue weighted by Crippen LogP contribution is -2.37. The van der Waals surface area contributed by atoms with Crippen LogP contribution in [0, 0.1) is 5.92 Å². The first-order chi connectivity index (χ1) is 7.15. The summed E-state index contributed by atoms with van der Waals surface area (Å²) in [6, 6.07) is 0.250. The number of alkyl halides is 1. The summed E-state index contributed by atoms with van der Waals surface area (Å²) in [6.45, 7) is 5.30. The highest BCUT2D eigenvalue weighted by Crippen LogP contribution is 2.12. The van der Waals surface area contributed by atoms with E-state index >= 15 is 0 Å². The molecule has 1 N–H and O–H groups in total. The van der Waals surface area contributed by atoms with E-state index in [2.05, 4.69) is 37.8 Å². The van der Waals surface area contributed by atoms with Gasteiger partial charge in [-0.1, -0.05) is 22.9 Å². The third-order valence-corrected chi connectivity index (χ3v) is 3.72. The van der Waals surface area contributed by atoms with Gasteiger partial charge in [-0.25, -0.2) is 4.79 Å². The fourth-order valence-electron chi connectivity index (χ4n) is 1.83. The zero-order chi connectivity index (χ0) is 11.3. The fraction of sp³-hybridized carbons (Fsp3) is 0.900. The van der Waals surface area contributed by atoms with Gasteiger partial charge >= 0.3 is 6.09 Å². The zero-order valence-corrected chi connectivity index (χ0v) is 10.9. The van der Waals surface area contributed by atoms with Gasteiger partial charge in [-0.3, -0.25) is 0 Å².